The Kier molecular flexibility index (Phi) is 3.26. The maximum absolute atomic E-state index is 13.1. The third-order valence-electron chi connectivity index (χ3n) is 2.85. The van der Waals surface area contributed by atoms with Crippen LogP contribution in [0.25, 0.3) is 11.0 Å². The summed E-state index contributed by atoms with van der Waals surface area (Å²) in [5, 5.41) is 8.81. The quantitative estimate of drug-likeness (QED) is 0.896. The molecule has 0 unspecified atom stereocenters. The van der Waals surface area contributed by atoms with Crippen LogP contribution >= 0.6 is 0 Å². The Morgan fingerprint density at radius 1 is 1.37 bits per heavy atom. The van der Waals surface area contributed by atoms with E-state index in [0.717, 1.165) is 12.1 Å². The van der Waals surface area contributed by atoms with E-state index in [1.807, 2.05) is 0 Å². The molecule has 6 heteroatoms. The Morgan fingerprint density at radius 3 is 2.63 bits per heavy atom. The van der Waals surface area contributed by atoms with Crippen molar-refractivity contribution in [2.75, 3.05) is 0 Å². The van der Waals surface area contributed by atoms with Gasteiger partial charge in [0.2, 0.25) is 0 Å². The number of aliphatic carboxylic acids is 1. The Bertz CT molecular complexity index is 596. The molecule has 0 amide bonds. The summed E-state index contributed by atoms with van der Waals surface area (Å²) in [5.41, 5.74) is 0.247. The van der Waals surface area contributed by atoms with Gasteiger partial charge in [0.15, 0.2) is 11.6 Å². The summed E-state index contributed by atoms with van der Waals surface area (Å²) in [7, 11) is 0. The summed E-state index contributed by atoms with van der Waals surface area (Å²) in [6.07, 6.45) is 0.379. The molecule has 2 aromatic rings. The highest BCUT2D eigenvalue weighted by Gasteiger charge is 2.24. The van der Waals surface area contributed by atoms with Crippen molar-refractivity contribution in [2.24, 2.45) is 5.41 Å². The molecule has 0 bridgehead atoms. The predicted octanol–water partition coefficient (Wildman–Crippen LogP) is 2.88. The second-order valence-electron chi connectivity index (χ2n) is 5.38. The summed E-state index contributed by atoms with van der Waals surface area (Å²) >= 11 is 0. The maximum atomic E-state index is 13.1. The zero-order valence-corrected chi connectivity index (χ0v) is 10.6. The number of nitrogens with one attached hydrogen (secondary N) is 1. The fourth-order valence-electron chi connectivity index (χ4n) is 2.07. The summed E-state index contributed by atoms with van der Waals surface area (Å²) in [6, 6.07) is 2.07. The normalized spacial score (nSPS) is 12.0. The molecular formula is C13H14F2N2O2. The third-order valence-corrected chi connectivity index (χ3v) is 2.85. The largest absolute Gasteiger partial charge is 0.481 e. The number of fused-ring (bicyclic) bond motifs is 1. The van der Waals surface area contributed by atoms with Crippen LogP contribution in [0.2, 0.25) is 0 Å². The molecule has 0 aliphatic heterocycles. The van der Waals surface area contributed by atoms with Gasteiger partial charge in [-0.3, -0.25) is 4.79 Å². The lowest BCUT2D eigenvalue weighted by Gasteiger charge is -2.20. The Hall–Kier alpha value is -1.98. The average molecular weight is 268 g/mol. The molecule has 102 valence electrons. The van der Waals surface area contributed by atoms with Crippen LogP contribution < -0.4 is 0 Å². The molecule has 1 heterocycles. The van der Waals surface area contributed by atoms with Gasteiger partial charge in [0.1, 0.15) is 5.82 Å². The Balaban J connectivity index is 2.29. The van der Waals surface area contributed by atoms with Crippen molar-refractivity contribution in [1.29, 1.82) is 0 Å². The number of carbonyl (C=O) groups is 1. The van der Waals surface area contributed by atoms with Crippen LogP contribution in [0.5, 0.6) is 0 Å². The molecule has 4 nitrogen and oxygen atoms in total. The number of carboxylic acid groups (broad SMARTS) is 1. The minimum Gasteiger partial charge on any atom is -0.481 e. The molecule has 0 atom stereocenters. The van der Waals surface area contributed by atoms with Crippen molar-refractivity contribution in [3.05, 3.63) is 29.6 Å². The van der Waals surface area contributed by atoms with Gasteiger partial charge in [0.25, 0.3) is 0 Å². The fraction of sp³-hybridized carbons (Fsp3) is 0.385. The Labute approximate surface area is 108 Å². The van der Waals surface area contributed by atoms with Crippen LogP contribution in [0.3, 0.4) is 0 Å². The van der Waals surface area contributed by atoms with E-state index in [9.17, 15) is 13.6 Å². The second-order valence-corrected chi connectivity index (χ2v) is 5.38. The monoisotopic (exact) mass is 268 g/mol. The van der Waals surface area contributed by atoms with E-state index in [-0.39, 0.29) is 6.42 Å². The zero-order valence-electron chi connectivity index (χ0n) is 10.6. The van der Waals surface area contributed by atoms with Gasteiger partial charge in [-0.1, -0.05) is 13.8 Å². The maximum Gasteiger partial charge on any atom is 0.303 e. The van der Waals surface area contributed by atoms with Gasteiger partial charge in [-0.05, 0) is 5.41 Å². The van der Waals surface area contributed by atoms with E-state index in [1.165, 1.54) is 0 Å². The van der Waals surface area contributed by atoms with Gasteiger partial charge in [-0.15, -0.1) is 0 Å². The topological polar surface area (TPSA) is 66.0 Å². The number of halogens is 2. The molecule has 1 aromatic heterocycles. The molecule has 0 spiro atoms. The molecule has 0 radical (unpaired) electrons. The van der Waals surface area contributed by atoms with Crippen molar-refractivity contribution in [3.8, 4) is 0 Å². The van der Waals surface area contributed by atoms with Crippen molar-refractivity contribution in [3.63, 3.8) is 0 Å². The molecule has 2 N–H and O–H groups in total. The van der Waals surface area contributed by atoms with Crippen LogP contribution in [0, 0.1) is 17.0 Å². The highest BCUT2D eigenvalue weighted by atomic mass is 19.2. The molecule has 19 heavy (non-hydrogen) atoms. The van der Waals surface area contributed by atoms with Crippen LogP contribution in [0.15, 0.2) is 12.1 Å². The SMILES string of the molecule is CC(C)(CC(=O)O)Cc1nc2cc(F)c(F)cc2[nH]1. The first-order chi connectivity index (χ1) is 8.77. The average Bonchev–Trinajstić information content (AvgIpc) is 2.56. The molecule has 0 fully saturated rings. The van der Waals surface area contributed by atoms with Gasteiger partial charge < -0.3 is 10.1 Å². The lowest BCUT2D eigenvalue weighted by atomic mass is 9.85. The van der Waals surface area contributed by atoms with Crippen molar-refractivity contribution < 1.29 is 18.7 Å². The highest BCUT2D eigenvalue weighted by molar-refractivity contribution is 5.75. The van der Waals surface area contributed by atoms with E-state index >= 15 is 0 Å². The number of imidazole rings is 1. The van der Waals surface area contributed by atoms with Crippen LogP contribution in [-0.2, 0) is 11.2 Å². The first-order valence-corrected chi connectivity index (χ1v) is 5.82. The molecule has 0 saturated heterocycles. The first kappa shape index (κ1) is 13.5. The highest BCUT2D eigenvalue weighted by Crippen LogP contribution is 2.26. The van der Waals surface area contributed by atoms with Crippen molar-refractivity contribution in [1.82, 2.24) is 9.97 Å². The number of benzene rings is 1. The van der Waals surface area contributed by atoms with E-state index in [4.69, 9.17) is 5.11 Å². The number of rotatable bonds is 4. The number of aromatic nitrogens is 2. The van der Waals surface area contributed by atoms with Gasteiger partial charge in [-0.25, -0.2) is 13.8 Å². The summed E-state index contributed by atoms with van der Waals surface area (Å²) in [4.78, 5) is 17.8. The van der Waals surface area contributed by atoms with Gasteiger partial charge in [0.05, 0.1) is 17.5 Å². The first-order valence-electron chi connectivity index (χ1n) is 5.82. The van der Waals surface area contributed by atoms with E-state index in [2.05, 4.69) is 9.97 Å². The standard InChI is InChI=1S/C13H14F2N2O2/c1-13(2,6-12(18)19)5-11-16-9-3-7(14)8(15)4-10(9)17-11/h3-4H,5-6H2,1-2H3,(H,16,17)(H,18,19). The van der Waals surface area contributed by atoms with Gasteiger partial charge in [0, 0.05) is 18.6 Å². The minimum atomic E-state index is -0.949. The van der Waals surface area contributed by atoms with Gasteiger partial charge in [-0.2, -0.15) is 0 Å². The molecule has 1 aromatic carbocycles. The van der Waals surface area contributed by atoms with Crippen LogP contribution in [-0.4, -0.2) is 21.0 Å². The molecule has 0 saturated carbocycles. The Morgan fingerprint density at radius 2 is 2.00 bits per heavy atom. The second kappa shape index (κ2) is 4.60. The van der Waals surface area contributed by atoms with E-state index in [0.29, 0.717) is 23.3 Å². The minimum absolute atomic E-state index is 0.00718. The number of aromatic amines is 1. The lowest BCUT2D eigenvalue weighted by molar-refractivity contribution is -0.139. The van der Waals surface area contributed by atoms with E-state index < -0.39 is 23.0 Å². The predicted molar refractivity (Wildman–Crippen MR) is 65.7 cm³/mol. The number of hydrogen-bond acceptors (Lipinski definition) is 2. The molecule has 0 aliphatic rings. The van der Waals surface area contributed by atoms with Crippen LogP contribution in [0.4, 0.5) is 8.78 Å². The number of hydrogen-bond donors (Lipinski definition) is 2. The summed E-state index contributed by atoms with van der Waals surface area (Å²) in [5.74, 6) is -2.26. The lowest BCUT2D eigenvalue weighted by Crippen LogP contribution is -2.20. The van der Waals surface area contributed by atoms with Gasteiger partial charge >= 0.3 is 5.97 Å². The molecule has 2 rings (SSSR count). The number of H-pyrrole nitrogens is 1. The number of carboxylic acids is 1. The summed E-state index contributed by atoms with van der Waals surface area (Å²) < 4.78 is 26.1. The summed E-state index contributed by atoms with van der Waals surface area (Å²) in [6.45, 7) is 3.60. The van der Waals surface area contributed by atoms with Crippen molar-refractivity contribution >= 4 is 17.0 Å². The smallest absolute Gasteiger partial charge is 0.303 e. The zero-order chi connectivity index (χ0) is 14.2. The molecule has 0 aliphatic carbocycles. The third kappa shape index (κ3) is 3.07. The molecular weight excluding hydrogens is 254 g/mol. The number of nitrogens with zero attached hydrogens (tertiary/aromatic N) is 1. The van der Waals surface area contributed by atoms with Crippen molar-refractivity contribution in [2.45, 2.75) is 26.7 Å². The fourth-order valence-corrected chi connectivity index (χ4v) is 2.07. The van der Waals surface area contributed by atoms with E-state index in [1.54, 1.807) is 13.8 Å². The van der Waals surface area contributed by atoms with Crippen LogP contribution in [0.1, 0.15) is 26.1 Å².